The Morgan fingerprint density at radius 1 is 1.24 bits per heavy atom. The maximum atomic E-state index is 12.8. The molecule has 4 heterocycles. The summed E-state index contributed by atoms with van der Waals surface area (Å²) in [6.45, 7) is 7.61. The first kappa shape index (κ1) is 26.5. The number of hydrogen-bond acceptors (Lipinski definition) is 6. The molecule has 3 aliphatic heterocycles. The van der Waals surface area contributed by atoms with E-state index >= 15 is 0 Å². The van der Waals surface area contributed by atoms with Gasteiger partial charge in [-0.15, -0.1) is 0 Å². The van der Waals surface area contributed by atoms with E-state index in [1.54, 1.807) is 25.5 Å². The van der Waals surface area contributed by atoms with Crippen LogP contribution in [0, 0.1) is 17.3 Å². The Morgan fingerprint density at radius 3 is 2.41 bits per heavy atom. The fourth-order valence-electron chi connectivity index (χ4n) is 5.22. The van der Waals surface area contributed by atoms with E-state index in [-0.39, 0.29) is 11.3 Å². The molecule has 192 valence electrons. The molecule has 3 fully saturated rings. The molecule has 0 aliphatic carbocycles. The Hall–Kier alpha value is -2.11. The van der Waals surface area contributed by atoms with Gasteiger partial charge in [-0.3, -0.25) is 4.79 Å². The van der Waals surface area contributed by atoms with Crippen molar-refractivity contribution in [3.05, 3.63) is 24.2 Å². The second kappa shape index (κ2) is 11.5. The average Bonchev–Trinajstić information content (AvgIpc) is 3.45. The number of alkyl halides is 3. The summed E-state index contributed by atoms with van der Waals surface area (Å²) in [5.74, 6) is -1.11. The lowest BCUT2D eigenvalue weighted by Crippen LogP contribution is -2.47. The molecule has 0 saturated carbocycles. The van der Waals surface area contributed by atoms with Gasteiger partial charge < -0.3 is 28.8 Å². The number of furan rings is 1. The molecule has 0 radical (unpaired) electrons. The number of likely N-dealkylation sites (tertiary alicyclic amines) is 2. The highest BCUT2D eigenvalue weighted by Crippen LogP contribution is 2.45. The summed E-state index contributed by atoms with van der Waals surface area (Å²) in [5, 5.41) is 7.12. The van der Waals surface area contributed by atoms with Crippen molar-refractivity contribution in [2.75, 3.05) is 59.7 Å². The third-order valence-corrected chi connectivity index (χ3v) is 7.15. The van der Waals surface area contributed by atoms with Crippen LogP contribution in [0.5, 0.6) is 0 Å². The number of amides is 1. The Kier molecular flexibility index (Phi) is 9.00. The molecular weight excluding hydrogens is 457 g/mol. The van der Waals surface area contributed by atoms with Crippen molar-refractivity contribution >= 4 is 11.9 Å². The van der Waals surface area contributed by atoms with Crippen LogP contribution in [0.2, 0.25) is 0 Å². The van der Waals surface area contributed by atoms with Crippen LogP contribution >= 0.6 is 0 Å². The molecule has 1 spiro atoms. The molecule has 0 aromatic carbocycles. The molecule has 11 heteroatoms. The zero-order valence-corrected chi connectivity index (χ0v) is 19.4. The minimum atomic E-state index is -5.08. The van der Waals surface area contributed by atoms with Crippen molar-refractivity contribution in [2.24, 2.45) is 17.3 Å². The first-order chi connectivity index (χ1) is 16.1. The fraction of sp³-hybridized carbons (Fsp3) is 0.739. The number of carboxylic acids is 1. The predicted molar refractivity (Wildman–Crippen MR) is 115 cm³/mol. The van der Waals surface area contributed by atoms with Crippen LogP contribution in [-0.4, -0.2) is 92.6 Å². The summed E-state index contributed by atoms with van der Waals surface area (Å²) in [5.41, 5.74) is 0.185. The lowest BCUT2D eigenvalue weighted by Gasteiger charge is -2.43. The highest BCUT2D eigenvalue weighted by molar-refractivity contribution is 5.91. The van der Waals surface area contributed by atoms with Gasteiger partial charge in [-0.1, -0.05) is 0 Å². The maximum absolute atomic E-state index is 12.8. The lowest BCUT2D eigenvalue weighted by molar-refractivity contribution is -0.192. The van der Waals surface area contributed by atoms with Crippen LogP contribution in [-0.2, 0) is 14.3 Å². The molecule has 1 N–H and O–H groups in total. The van der Waals surface area contributed by atoms with Crippen LogP contribution < -0.4 is 0 Å². The van der Waals surface area contributed by atoms with Crippen LogP contribution in [0.4, 0.5) is 13.2 Å². The Morgan fingerprint density at radius 2 is 1.88 bits per heavy atom. The summed E-state index contributed by atoms with van der Waals surface area (Å²) in [6, 6.07) is 3.54. The van der Waals surface area contributed by atoms with Crippen LogP contribution in [0.3, 0.4) is 0 Å². The molecule has 3 aliphatic rings. The first-order valence-corrected chi connectivity index (χ1v) is 11.6. The number of nitrogens with zero attached hydrogens (tertiary/aromatic N) is 2. The summed E-state index contributed by atoms with van der Waals surface area (Å²) in [7, 11) is 1.77. The Labute approximate surface area is 197 Å². The van der Waals surface area contributed by atoms with E-state index in [4.69, 9.17) is 23.8 Å². The normalized spacial score (nSPS) is 23.5. The highest BCUT2D eigenvalue weighted by Gasteiger charge is 2.49. The van der Waals surface area contributed by atoms with Gasteiger partial charge in [0.15, 0.2) is 5.76 Å². The highest BCUT2D eigenvalue weighted by atomic mass is 19.4. The van der Waals surface area contributed by atoms with Gasteiger partial charge in [0.1, 0.15) is 0 Å². The number of piperidine rings is 1. The van der Waals surface area contributed by atoms with Crippen LogP contribution in [0.1, 0.15) is 36.2 Å². The predicted octanol–water partition coefficient (Wildman–Crippen LogP) is 3.14. The number of carbonyl (C=O) groups is 2. The van der Waals surface area contributed by atoms with Gasteiger partial charge in [-0.2, -0.15) is 13.2 Å². The van der Waals surface area contributed by atoms with Gasteiger partial charge in [0.2, 0.25) is 0 Å². The third kappa shape index (κ3) is 6.73. The fourth-order valence-corrected chi connectivity index (χ4v) is 5.22. The number of methoxy groups -OCH3 is 1. The number of aliphatic carboxylic acids is 1. The van der Waals surface area contributed by atoms with Gasteiger partial charge in [0.25, 0.3) is 5.91 Å². The number of carbonyl (C=O) groups excluding carboxylic acids is 1. The van der Waals surface area contributed by atoms with Crippen molar-refractivity contribution < 1.29 is 41.8 Å². The van der Waals surface area contributed by atoms with E-state index in [0.29, 0.717) is 11.7 Å². The molecule has 3 saturated heterocycles. The van der Waals surface area contributed by atoms with E-state index in [9.17, 15) is 18.0 Å². The van der Waals surface area contributed by atoms with E-state index in [2.05, 4.69) is 4.90 Å². The quantitative estimate of drug-likeness (QED) is 0.678. The summed E-state index contributed by atoms with van der Waals surface area (Å²) >= 11 is 0. The van der Waals surface area contributed by atoms with Crippen molar-refractivity contribution in [3.8, 4) is 0 Å². The molecule has 4 rings (SSSR count). The second-order valence-corrected chi connectivity index (χ2v) is 9.34. The molecule has 1 amide bonds. The number of carboxylic acid groups (broad SMARTS) is 1. The lowest BCUT2D eigenvalue weighted by atomic mass is 9.71. The van der Waals surface area contributed by atoms with E-state index < -0.39 is 12.1 Å². The SMILES string of the molecule is COCC1CN(C(=O)c2ccco2)CC12CCN(CC1CCOCC1)CC2.O=C(O)C(F)(F)F. The minimum absolute atomic E-state index is 0.0163. The largest absolute Gasteiger partial charge is 0.490 e. The third-order valence-electron chi connectivity index (χ3n) is 7.15. The summed E-state index contributed by atoms with van der Waals surface area (Å²) in [6.07, 6.45) is 1.16. The minimum Gasteiger partial charge on any atom is -0.475 e. The monoisotopic (exact) mass is 490 g/mol. The molecule has 1 atom stereocenters. The molecule has 1 unspecified atom stereocenters. The zero-order chi connectivity index (χ0) is 24.8. The molecule has 1 aromatic rings. The number of ether oxygens (including phenoxy) is 2. The van der Waals surface area contributed by atoms with Crippen molar-refractivity contribution in [1.29, 1.82) is 0 Å². The first-order valence-electron chi connectivity index (χ1n) is 11.6. The number of halogens is 3. The van der Waals surface area contributed by atoms with Gasteiger partial charge in [0.05, 0.1) is 12.9 Å². The van der Waals surface area contributed by atoms with Gasteiger partial charge in [-0.25, -0.2) is 4.79 Å². The van der Waals surface area contributed by atoms with Crippen molar-refractivity contribution in [2.45, 2.75) is 31.9 Å². The molecule has 34 heavy (non-hydrogen) atoms. The maximum Gasteiger partial charge on any atom is 0.490 e. The van der Waals surface area contributed by atoms with Gasteiger partial charge in [-0.05, 0) is 62.2 Å². The topological polar surface area (TPSA) is 92.5 Å². The molecule has 1 aromatic heterocycles. The van der Waals surface area contributed by atoms with Crippen LogP contribution in [0.25, 0.3) is 0 Å². The summed E-state index contributed by atoms with van der Waals surface area (Å²) < 4.78 is 48.1. The summed E-state index contributed by atoms with van der Waals surface area (Å²) in [4.78, 5) is 26.3. The standard InChI is InChI=1S/C21H32N2O4.C2HF3O2/c1-25-15-18-14-23(20(24)19-3-2-10-27-19)16-21(18)6-8-22(9-7-21)13-17-4-11-26-12-5-17;3-2(4,5)1(6)7/h2-3,10,17-18H,4-9,11-16H2,1H3;(H,6,7). The Balaban J connectivity index is 0.000000406. The van der Waals surface area contributed by atoms with Gasteiger partial charge in [0, 0.05) is 45.9 Å². The average molecular weight is 491 g/mol. The molecule has 8 nitrogen and oxygen atoms in total. The Bertz CT molecular complexity index is 787. The van der Waals surface area contributed by atoms with Gasteiger partial charge >= 0.3 is 12.1 Å². The van der Waals surface area contributed by atoms with Crippen molar-refractivity contribution in [1.82, 2.24) is 9.80 Å². The molecular formula is C23H33F3N2O6. The van der Waals surface area contributed by atoms with E-state index in [0.717, 1.165) is 64.8 Å². The van der Waals surface area contributed by atoms with E-state index in [1.807, 2.05) is 4.90 Å². The second-order valence-electron chi connectivity index (χ2n) is 9.34. The number of hydrogen-bond donors (Lipinski definition) is 1. The van der Waals surface area contributed by atoms with Crippen molar-refractivity contribution in [3.63, 3.8) is 0 Å². The zero-order valence-electron chi connectivity index (χ0n) is 19.4. The van der Waals surface area contributed by atoms with E-state index in [1.165, 1.54) is 19.4 Å². The number of rotatable bonds is 5. The van der Waals surface area contributed by atoms with Crippen LogP contribution in [0.15, 0.2) is 22.8 Å². The molecule has 0 bridgehead atoms. The smallest absolute Gasteiger partial charge is 0.475 e.